The van der Waals surface area contributed by atoms with E-state index in [1.807, 2.05) is 0 Å². The molecule has 0 N–H and O–H groups in total. The molecule has 0 aromatic rings. The van der Waals surface area contributed by atoms with Gasteiger partial charge in [-0.05, 0) is 0 Å². The minimum Gasteiger partial charge on any atom is -0.269 e. The summed E-state index contributed by atoms with van der Waals surface area (Å²) in [6, 6.07) is 0. The summed E-state index contributed by atoms with van der Waals surface area (Å²) in [5, 5.41) is 0. The first-order valence-electron chi connectivity index (χ1n) is 0.921. The molecule has 5 heteroatoms. The van der Waals surface area contributed by atoms with Crippen molar-refractivity contribution < 1.29 is 12.6 Å². The van der Waals surface area contributed by atoms with Gasteiger partial charge in [-0.2, -0.15) is 7.77 Å². The van der Waals surface area contributed by atoms with E-state index in [0.717, 1.165) is 0 Å². The Morgan fingerprint density at radius 2 is 1.67 bits per heavy atom. The molecule has 0 aromatic carbocycles. The molecule has 0 aliphatic carbocycles. The summed E-state index contributed by atoms with van der Waals surface area (Å²) in [6.07, 6.45) is 0. The predicted octanol–water partition coefficient (Wildman–Crippen LogP) is 2.34. The third-order valence-electron chi connectivity index (χ3n) is 0.126. The highest BCUT2D eigenvalue weighted by atomic mass is 32.2. The normalized spacial score (nSPS) is 8.33. The van der Waals surface area contributed by atoms with Crippen LogP contribution in [0.1, 0.15) is 0 Å². The minimum atomic E-state index is -1.16. The average molecular weight is 130 g/mol. The Balaban J connectivity index is 2.99. The largest absolute Gasteiger partial charge is 0.309 e. The van der Waals surface area contributed by atoms with E-state index >= 15 is 0 Å². The molecule has 0 aromatic heterocycles. The van der Waals surface area contributed by atoms with E-state index in [1.165, 1.54) is 0 Å². The van der Waals surface area contributed by atoms with Gasteiger partial charge in [0.2, 0.25) is 0 Å². The lowest BCUT2D eigenvalue weighted by Crippen LogP contribution is -1.63. The van der Waals surface area contributed by atoms with Crippen LogP contribution in [0, 0.1) is 0 Å². The van der Waals surface area contributed by atoms with Gasteiger partial charge in [0.1, 0.15) is 24.3 Å². The first kappa shape index (κ1) is 6.23. The number of rotatable bonds is 0. The molecule has 0 heterocycles. The second-order valence-electron chi connectivity index (χ2n) is 0.404. The maximum Gasteiger partial charge on any atom is 0.309 e. The zero-order valence-corrected chi connectivity index (χ0v) is 4.11. The lowest BCUT2D eigenvalue weighted by molar-refractivity contribution is 0.275. The Morgan fingerprint density at radius 3 is 1.67 bits per heavy atom. The molecule has 0 fully saturated rings. The van der Waals surface area contributed by atoms with Crippen molar-refractivity contribution in [2.75, 3.05) is 0 Å². The molecule has 0 spiro atoms. The third kappa shape index (κ3) is 2.47. The van der Waals surface area contributed by atoms with Crippen LogP contribution in [0.4, 0.5) is 12.6 Å². The fraction of sp³-hybridized carbons (Fsp3) is 0. The fourth-order valence-electron chi connectivity index (χ4n) is 0.0119. The van der Waals surface area contributed by atoms with Crippen molar-refractivity contribution in [3.63, 3.8) is 0 Å². The van der Waals surface area contributed by atoms with E-state index < -0.39 is 28.7 Å². The zero-order valence-electron chi connectivity index (χ0n) is 2.48. The lowest BCUT2D eigenvalue weighted by Gasteiger charge is -1.71. The van der Waals surface area contributed by atoms with Crippen LogP contribution >= 0.6 is 24.3 Å². The standard InChI is InChI=1S/CF2OS2/c2-5-1(4)6-3. The van der Waals surface area contributed by atoms with Gasteiger partial charge < -0.3 is 0 Å². The van der Waals surface area contributed by atoms with Crippen molar-refractivity contribution in [2.24, 2.45) is 0 Å². The molecule has 0 amide bonds. The van der Waals surface area contributed by atoms with Crippen molar-refractivity contribution in [1.82, 2.24) is 0 Å². The Bertz CT molecular complexity index is 49.5. The SMILES string of the molecule is O=C(SF)SF. The van der Waals surface area contributed by atoms with E-state index in [1.54, 1.807) is 0 Å². The van der Waals surface area contributed by atoms with Crippen molar-refractivity contribution in [3.05, 3.63) is 0 Å². The molecule has 36 valence electrons. The van der Waals surface area contributed by atoms with E-state index in [-0.39, 0.29) is 0 Å². The van der Waals surface area contributed by atoms with Gasteiger partial charge in [-0.3, -0.25) is 4.79 Å². The van der Waals surface area contributed by atoms with Crippen LogP contribution in [-0.2, 0) is 0 Å². The number of carbonyl (C=O) groups is 1. The molecule has 0 saturated heterocycles. The van der Waals surface area contributed by atoms with Gasteiger partial charge in [-0.25, -0.2) is 0 Å². The van der Waals surface area contributed by atoms with Crippen molar-refractivity contribution in [1.29, 1.82) is 0 Å². The number of carbonyl (C=O) groups excluding carboxylic acids is 1. The topological polar surface area (TPSA) is 17.1 Å². The summed E-state index contributed by atoms with van der Waals surface area (Å²) in [5.74, 6) is 0. The molecule has 0 aliphatic rings. The Morgan fingerprint density at radius 1 is 1.33 bits per heavy atom. The molecule has 0 atom stereocenters. The summed E-state index contributed by atoms with van der Waals surface area (Å²) in [4.78, 5) is 9.36. The Kier molecular flexibility index (Phi) is 3.55. The van der Waals surface area contributed by atoms with Crippen LogP contribution in [0.3, 0.4) is 0 Å². The van der Waals surface area contributed by atoms with E-state index in [4.69, 9.17) is 0 Å². The van der Waals surface area contributed by atoms with Gasteiger partial charge in [-0.1, -0.05) is 0 Å². The summed E-state index contributed by atoms with van der Waals surface area (Å²) in [5.41, 5.74) is 0. The van der Waals surface area contributed by atoms with Crippen LogP contribution in [0.5, 0.6) is 0 Å². The van der Waals surface area contributed by atoms with Gasteiger partial charge in [0, 0.05) is 0 Å². The molecule has 0 saturated carbocycles. The van der Waals surface area contributed by atoms with Crippen LogP contribution < -0.4 is 0 Å². The van der Waals surface area contributed by atoms with Crippen LogP contribution in [0.2, 0.25) is 0 Å². The fourth-order valence-corrected chi connectivity index (χ4v) is 0.107. The summed E-state index contributed by atoms with van der Waals surface area (Å²) in [7, 11) is 0. The van der Waals surface area contributed by atoms with Gasteiger partial charge >= 0.3 is 4.45 Å². The number of hydrogen-bond donors (Lipinski definition) is 0. The van der Waals surface area contributed by atoms with Crippen LogP contribution in [0.25, 0.3) is 0 Å². The molecule has 0 radical (unpaired) electrons. The monoisotopic (exact) mass is 130 g/mol. The average Bonchev–Trinajstić information content (AvgIpc) is 1.65. The maximum absolute atomic E-state index is 10.7. The Hall–Kier alpha value is 0.230. The Labute approximate surface area is 42.1 Å². The van der Waals surface area contributed by atoms with Crippen molar-refractivity contribution in [3.8, 4) is 0 Å². The second-order valence-corrected chi connectivity index (χ2v) is 1.71. The van der Waals surface area contributed by atoms with Crippen molar-refractivity contribution in [2.45, 2.75) is 0 Å². The van der Waals surface area contributed by atoms with Gasteiger partial charge in [0.05, 0.1) is 0 Å². The molecule has 0 rings (SSSR count). The quantitative estimate of drug-likeness (QED) is 0.501. The highest BCUT2D eigenvalue weighted by Crippen LogP contribution is 2.16. The summed E-state index contributed by atoms with van der Waals surface area (Å²) < 4.78 is 20.2. The zero-order chi connectivity index (χ0) is 4.99. The van der Waals surface area contributed by atoms with Gasteiger partial charge in [-0.15, -0.1) is 0 Å². The van der Waals surface area contributed by atoms with E-state index in [9.17, 15) is 12.6 Å². The summed E-state index contributed by atoms with van der Waals surface area (Å²) >= 11 is -1.25. The highest BCUT2D eigenvalue weighted by molar-refractivity contribution is 8.34. The molecular weight excluding hydrogens is 130 g/mol. The van der Waals surface area contributed by atoms with E-state index in [2.05, 4.69) is 0 Å². The minimum absolute atomic E-state index is 0.626. The third-order valence-corrected chi connectivity index (χ3v) is 0.756. The first-order chi connectivity index (χ1) is 2.81. The molecule has 1 nitrogen and oxygen atoms in total. The molecule has 0 bridgehead atoms. The first-order valence-corrected chi connectivity index (χ1v) is 2.35. The van der Waals surface area contributed by atoms with Crippen molar-refractivity contribution >= 4 is 28.7 Å². The lowest BCUT2D eigenvalue weighted by atomic mass is 11.8. The van der Waals surface area contributed by atoms with Crippen LogP contribution in [-0.4, -0.2) is 4.45 Å². The molecule has 6 heavy (non-hydrogen) atoms. The number of halogens is 2. The highest BCUT2D eigenvalue weighted by Gasteiger charge is 1.98. The second kappa shape index (κ2) is 3.42. The van der Waals surface area contributed by atoms with Gasteiger partial charge in [0.15, 0.2) is 0 Å². The van der Waals surface area contributed by atoms with Gasteiger partial charge in [0.25, 0.3) is 0 Å². The van der Waals surface area contributed by atoms with Crippen LogP contribution in [0.15, 0.2) is 0 Å². The predicted molar refractivity (Wildman–Crippen MR) is 22.8 cm³/mol. The molecule has 0 aliphatic heterocycles. The number of hydrogen-bond acceptors (Lipinski definition) is 3. The maximum atomic E-state index is 10.7. The summed E-state index contributed by atoms with van der Waals surface area (Å²) in [6.45, 7) is 0. The molecule has 0 unspecified atom stereocenters. The smallest absolute Gasteiger partial charge is 0.269 e. The van der Waals surface area contributed by atoms with E-state index in [0.29, 0.717) is 0 Å². The molecular formula is CF2OS2.